The third-order valence-electron chi connectivity index (χ3n) is 3.62. The van der Waals surface area contributed by atoms with Gasteiger partial charge in [0, 0.05) is 18.2 Å². The summed E-state index contributed by atoms with van der Waals surface area (Å²) in [6.45, 7) is 1.26. The number of nitrogens with zero attached hydrogens (tertiary/aromatic N) is 1. The number of carbonyl (C=O) groups is 1. The van der Waals surface area contributed by atoms with Crippen LogP contribution in [0.3, 0.4) is 0 Å². The Morgan fingerprint density at radius 2 is 2.05 bits per heavy atom. The van der Waals surface area contributed by atoms with E-state index in [1.54, 1.807) is 29.5 Å². The number of ketones is 1. The van der Waals surface area contributed by atoms with Gasteiger partial charge in [-0.1, -0.05) is 23.2 Å². The summed E-state index contributed by atoms with van der Waals surface area (Å²) >= 11 is 13.6. The van der Waals surface area contributed by atoms with Crippen molar-refractivity contribution in [3.8, 4) is 0 Å². The number of hydrogen-bond acceptors (Lipinski definition) is 3. The van der Waals surface area contributed by atoms with Crippen LogP contribution in [0.5, 0.6) is 0 Å². The fraction of sp³-hybridized carbons (Fsp3) is 0.312. The van der Waals surface area contributed by atoms with Gasteiger partial charge in [-0.2, -0.15) is 11.3 Å². The van der Waals surface area contributed by atoms with Gasteiger partial charge in [0.2, 0.25) is 0 Å². The van der Waals surface area contributed by atoms with Crippen molar-refractivity contribution in [1.82, 2.24) is 4.90 Å². The molecule has 0 bridgehead atoms. The van der Waals surface area contributed by atoms with Crippen LogP contribution < -0.4 is 0 Å². The molecule has 0 radical (unpaired) electrons. The zero-order valence-electron chi connectivity index (χ0n) is 11.4. The first kappa shape index (κ1) is 15.0. The van der Waals surface area contributed by atoms with Crippen LogP contribution in [0.25, 0.3) is 0 Å². The molecule has 0 spiro atoms. The summed E-state index contributed by atoms with van der Waals surface area (Å²) in [4.78, 5) is 14.7. The Kier molecular flexibility index (Phi) is 4.65. The lowest BCUT2D eigenvalue weighted by molar-refractivity contribution is 0.0919. The average molecular weight is 340 g/mol. The van der Waals surface area contributed by atoms with Gasteiger partial charge in [-0.25, -0.2) is 0 Å². The Labute approximate surface area is 138 Å². The van der Waals surface area contributed by atoms with Crippen molar-refractivity contribution in [2.75, 3.05) is 6.54 Å². The number of Topliss-reactive ketones (excluding diaryl/α,β-unsaturated/α-hetero) is 1. The van der Waals surface area contributed by atoms with Crippen molar-refractivity contribution in [2.24, 2.45) is 0 Å². The lowest BCUT2D eigenvalue weighted by Crippen LogP contribution is -2.31. The zero-order valence-corrected chi connectivity index (χ0v) is 13.7. The van der Waals surface area contributed by atoms with Crippen molar-refractivity contribution in [2.45, 2.75) is 25.4 Å². The van der Waals surface area contributed by atoms with Crippen molar-refractivity contribution >= 4 is 40.3 Å². The monoisotopic (exact) mass is 339 g/mol. The molecule has 1 saturated carbocycles. The molecule has 1 aliphatic rings. The Morgan fingerprint density at radius 3 is 2.67 bits per heavy atom. The molecule has 0 saturated heterocycles. The van der Waals surface area contributed by atoms with Crippen molar-refractivity contribution < 1.29 is 4.79 Å². The molecular weight excluding hydrogens is 325 g/mol. The highest BCUT2D eigenvalue weighted by molar-refractivity contribution is 7.07. The molecule has 0 amide bonds. The van der Waals surface area contributed by atoms with E-state index < -0.39 is 0 Å². The molecule has 0 atom stereocenters. The van der Waals surface area contributed by atoms with E-state index in [1.165, 1.54) is 18.4 Å². The van der Waals surface area contributed by atoms with Gasteiger partial charge < -0.3 is 0 Å². The van der Waals surface area contributed by atoms with E-state index in [0.29, 0.717) is 28.2 Å². The molecule has 0 aliphatic heterocycles. The van der Waals surface area contributed by atoms with Gasteiger partial charge in [0.1, 0.15) is 0 Å². The zero-order chi connectivity index (χ0) is 14.8. The lowest BCUT2D eigenvalue weighted by Gasteiger charge is -2.20. The van der Waals surface area contributed by atoms with E-state index in [0.717, 1.165) is 6.54 Å². The predicted octanol–water partition coefficient (Wildman–Crippen LogP) is 4.90. The molecule has 5 heteroatoms. The minimum absolute atomic E-state index is 0.0932. The van der Waals surface area contributed by atoms with Crippen LogP contribution in [0.4, 0.5) is 0 Å². The first-order valence-corrected chi connectivity index (χ1v) is 8.57. The van der Waals surface area contributed by atoms with Gasteiger partial charge in [0.25, 0.3) is 0 Å². The first-order chi connectivity index (χ1) is 10.1. The molecule has 1 aromatic heterocycles. The Balaban J connectivity index is 1.70. The SMILES string of the molecule is O=C(CN(Cc1ccsc1)C1CC1)c1ccc(Cl)c(Cl)c1. The van der Waals surface area contributed by atoms with Crippen LogP contribution in [0.2, 0.25) is 10.0 Å². The molecule has 2 nitrogen and oxygen atoms in total. The fourth-order valence-electron chi connectivity index (χ4n) is 2.32. The summed E-state index contributed by atoms with van der Waals surface area (Å²) < 4.78 is 0. The minimum Gasteiger partial charge on any atom is -0.293 e. The fourth-order valence-corrected chi connectivity index (χ4v) is 3.27. The van der Waals surface area contributed by atoms with Gasteiger partial charge in [-0.05, 0) is 53.4 Å². The van der Waals surface area contributed by atoms with Gasteiger partial charge in [0.05, 0.1) is 16.6 Å². The smallest absolute Gasteiger partial charge is 0.176 e. The first-order valence-electron chi connectivity index (χ1n) is 6.87. The summed E-state index contributed by atoms with van der Waals surface area (Å²) in [6.07, 6.45) is 2.36. The maximum absolute atomic E-state index is 12.4. The van der Waals surface area contributed by atoms with E-state index in [1.807, 2.05) is 0 Å². The summed E-state index contributed by atoms with van der Waals surface area (Å²) in [5.41, 5.74) is 1.90. The number of thiophene rings is 1. The number of hydrogen-bond donors (Lipinski definition) is 0. The maximum atomic E-state index is 12.4. The van der Waals surface area contributed by atoms with E-state index in [4.69, 9.17) is 23.2 Å². The lowest BCUT2D eigenvalue weighted by atomic mass is 10.1. The molecule has 1 aliphatic carbocycles. The molecule has 0 unspecified atom stereocenters. The van der Waals surface area contributed by atoms with E-state index in [9.17, 15) is 4.79 Å². The third-order valence-corrected chi connectivity index (χ3v) is 5.09. The molecule has 1 fully saturated rings. The van der Waals surface area contributed by atoms with Crippen molar-refractivity contribution in [3.05, 3.63) is 56.2 Å². The summed E-state index contributed by atoms with van der Waals surface area (Å²) in [5.74, 6) is 0.0932. The second kappa shape index (κ2) is 6.49. The Morgan fingerprint density at radius 1 is 1.24 bits per heavy atom. The Bertz CT molecular complexity index is 638. The average Bonchev–Trinajstić information content (AvgIpc) is 3.19. The molecule has 1 aromatic carbocycles. The second-order valence-electron chi connectivity index (χ2n) is 5.32. The second-order valence-corrected chi connectivity index (χ2v) is 6.91. The van der Waals surface area contributed by atoms with Gasteiger partial charge in [-0.15, -0.1) is 0 Å². The Hall–Kier alpha value is -0.870. The topological polar surface area (TPSA) is 20.3 Å². The predicted molar refractivity (Wildman–Crippen MR) is 88.5 cm³/mol. The molecule has 3 rings (SSSR count). The molecule has 1 heterocycles. The van der Waals surface area contributed by atoms with E-state index >= 15 is 0 Å². The molecule has 21 heavy (non-hydrogen) atoms. The van der Waals surface area contributed by atoms with E-state index in [-0.39, 0.29) is 5.78 Å². The highest BCUT2D eigenvalue weighted by Gasteiger charge is 2.30. The number of benzene rings is 1. The normalized spacial score (nSPS) is 14.6. The van der Waals surface area contributed by atoms with E-state index in [2.05, 4.69) is 21.7 Å². The summed E-state index contributed by atoms with van der Waals surface area (Å²) in [6, 6.07) is 7.73. The molecule has 2 aromatic rings. The van der Waals surface area contributed by atoms with Crippen LogP contribution in [0.15, 0.2) is 35.0 Å². The maximum Gasteiger partial charge on any atom is 0.176 e. The number of rotatable bonds is 6. The van der Waals surface area contributed by atoms with Crippen molar-refractivity contribution in [3.63, 3.8) is 0 Å². The quantitative estimate of drug-likeness (QED) is 0.697. The standard InChI is InChI=1S/C16H15Cl2NOS/c17-14-4-1-12(7-15(14)18)16(20)9-19(13-2-3-13)8-11-5-6-21-10-11/h1,4-7,10,13H,2-3,8-9H2. The van der Waals surface area contributed by atoms with Crippen LogP contribution in [0.1, 0.15) is 28.8 Å². The van der Waals surface area contributed by atoms with Crippen LogP contribution in [0, 0.1) is 0 Å². The molecular formula is C16H15Cl2NOS. The largest absolute Gasteiger partial charge is 0.293 e. The highest BCUT2D eigenvalue weighted by atomic mass is 35.5. The van der Waals surface area contributed by atoms with Crippen LogP contribution >= 0.6 is 34.5 Å². The number of halogens is 2. The van der Waals surface area contributed by atoms with Gasteiger partial charge >= 0.3 is 0 Å². The summed E-state index contributed by atoms with van der Waals surface area (Å²) in [7, 11) is 0. The highest BCUT2D eigenvalue weighted by Crippen LogP contribution is 2.29. The summed E-state index contributed by atoms with van der Waals surface area (Å²) in [5, 5.41) is 5.11. The number of carbonyl (C=O) groups excluding carboxylic acids is 1. The molecule has 110 valence electrons. The van der Waals surface area contributed by atoms with Gasteiger partial charge in [0.15, 0.2) is 5.78 Å². The van der Waals surface area contributed by atoms with Crippen LogP contribution in [-0.2, 0) is 6.54 Å². The molecule has 0 N–H and O–H groups in total. The third kappa shape index (κ3) is 3.86. The van der Waals surface area contributed by atoms with Gasteiger partial charge in [-0.3, -0.25) is 9.69 Å². The van der Waals surface area contributed by atoms with Crippen molar-refractivity contribution in [1.29, 1.82) is 0 Å². The minimum atomic E-state index is 0.0932. The van der Waals surface area contributed by atoms with Crippen LogP contribution in [-0.4, -0.2) is 23.3 Å².